The van der Waals surface area contributed by atoms with Gasteiger partial charge in [0, 0.05) is 5.02 Å². The van der Waals surface area contributed by atoms with E-state index in [9.17, 15) is 4.79 Å². The van der Waals surface area contributed by atoms with Crippen LogP contribution in [0.3, 0.4) is 0 Å². The monoisotopic (exact) mass is 426 g/mol. The second kappa shape index (κ2) is 9.29. The zero-order chi connectivity index (χ0) is 18.2. The van der Waals surface area contributed by atoms with Gasteiger partial charge in [0.05, 0.1) is 24.9 Å². The van der Waals surface area contributed by atoms with E-state index in [4.69, 9.17) is 25.8 Å². The fourth-order valence-corrected chi connectivity index (χ4v) is 2.68. The molecule has 0 bridgehead atoms. The topological polar surface area (TPSA) is 69.2 Å². The Kier molecular flexibility index (Phi) is 7.09. The summed E-state index contributed by atoms with van der Waals surface area (Å²) < 4.78 is 16.4. The first kappa shape index (κ1) is 19.1. The minimum atomic E-state index is -0.390. The number of hydrogen-bond donors (Lipinski definition) is 1. The van der Waals surface area contributed by atoms with Crippen LogP contribution in [0.2, 0.25) is 5.02 Å². The van der Waals surface area contributed by atoms with Crippen molar-refractivity contribution in [2.45, 2.75) is 0 Å². The van der Waals surface area contributed by atoms with Crippen LogP contribution < -0.4 is 19.6 Å². The summed E-state index contributed by atoms with van der Waals surface area (Å²) in [4.78, 5) is 11.8. The Morgan fingerprint density at radius 2 is 1.88 bits per heavy atom. The van der Waals surface area contributed by atoms with Crippen molar-refractivity contribution in [1.82, 2.24) is 5.43 Å². The molecule has 0 saturated heterocycles. The van der Waals surface area contributed by atoms with E-state index in [1.165, 1.54) is 6.21 Å². The van der Waals surface area contributed by atoms with Gasteiger partial charge in [-0.2, -0.15) is 5.10 Å². The molecule has 0 radical (unpaired) electrons. The lowest BCUT2D eigenvalue weighted by atomic mass is 10.2. The summed E-state index contributed by atoms with van der Waals surface area (Å²) in [5.41, 5.74) is 3.14. The van der Waals surface area contributed by atoms with Gasteiger partial charge in [-0.25, -0.2) is 5.43 Å². The summed E-state index contributed by atoms with van der Waals surface area (Å²) in [6.07, 6.45) is 1.50. The minimum Gasteiger partial charge on any atom is -0.493 e. The van der Waals surface area contributed by atoms with Gasteiger partial charge < -0.3 is 14.2 Å². The van der Waals surface area contributed by atoms with Crippen LogP contribution >= 0.6 is 27.5 Å². The molecule has 2 aromatic rings. The highest BCUT2D eigenvalue weighted by molar-refractivity contribution is 9.10. The van der Waals surface area contributed by atoms with Crippen LogP contribution in [0.15, 0.2) is 46.0 Å². The van der Waals surface area contributed by atoms with E-state index in [2.05, 4.69) is 26.5 Å². The van der Waals surface area contributed by atoms with Crippen molar-refractivity contribution in [3.05, 3.63) is 51.5 Å². The number of nitrogens with zero attached hydrogens (tertiary/aromatic N) is 1. The summed E-state index contributed by atoms with van der Waals surface area (Å²) in [6.45, 7) is -0.177. The average Bonchev–Trinajstić information content (AvgIpc) is 2.60. The lowest BCUT2D eigenvalue weighted by Crippen LogP contribution is -2.24. The Hall–Kier alpha value is -2.25. The molecular weight excluding hydrogens is 412 g/mol. The van der Waals surface area contributed by atoms with Crippen molar-refractivity contribution in [2.24, 2.45) is 5.10 Å². The maximum Gasteiger partial charge on any atom is 0.277 e. The van der Waals surface area contributed by atoms with E-state index in [1.54, 1.807) is 50.6 Å². The summed E-state index contributed by atoms with van der Waals surface area (Å²) >= 11 is 9.16. The highest BCUT2D eigenvalue weighted by Gasteiger charge is 2.06. The van der Waals surface area contributed by atoms with Crippen LogP contribution in [0.4, 0.5) is 0 Å². The molecule has 0 aliphatic heterocycles. The number of nitrogens with one attached hydrogen (secondary N) is 1. The van der Waals surface area contributed by atoms with Crippen LogP contribution in [0.5, 0.6) is 17.2 Å². The lowest BCUT2D eigenvalue weighted by molar-refractivity contribution is -0.123. The molecule has 6 nitrogen and oxygen atoms in total. The van der Waals surface area contributed by atoms with Gasteiger partial charge in [0.2, 0.25) is 0 Å². The third kappa shape index (κ3) is 5.65. The van der Waals surface area contributed by atoms with Gasteiger partial charge in [-0.15, -0.1) is 0 Å². The Morgan fingerprint density at radius 1 is 1.16 bits per heavy atom. The Morgan fingerprint density at radius 3 is 2.56 bits per heavy atom. The van der Waals surface area contributed by atoms with Gasteiger partial charge in [-0.3, -0.25) is 4.79 Å². The Labute approximate surface area is 158 Å². The molecule has 8 heteroatoms. The number of rotatable bonds is 7. The zero-order valence-electron chi connectivity index (χ0n) is 13.6. The summed E-state index contributed by atoms with van der Waals surface area (Å²) in [7, 11) is 3.11. The number of hydrazone groups is 1. The van der Waals surface area contributed by atoms with Crippen molar-refractivity contribution in [1.29, 1.82) is 0 Å². The van der Waals surface area contributed by atoms with Crippen molar-refractivity contribution < 1.29 is 19.0 Å². The minimum absolute atomic E-state index is 0.177. The van der Waals surface area contributed by atoms with Crippen molar-refractivity contribution in [2.75, 3.05) is 20.8 Å². The molecule has 0 atom stereocenters. The predicted octanol–water partition coefficient (Wildman–Crippen LogP) is 3.65. The van der Waals surface area contributed by atoms with E-state index < -0.39 is 5.91 Å². The number of carbonyl (C=O) groups is 1. The summed E-state index contributed by atoms with van der Waals surface area (Å²) in [6, 6.07) is 10.3. The molecule has 2 aromatic carbocycles. The third-order valence-corrected chi connectivity index (χ3v) is 3.92. The molecule has 2 rings (SSSR count). The first-order valence-electron chi connectivity index (χ1n) is 7.15. The molecule has 132 valence electrons. The number of ether oxygens (including phenoxy) is 3. The predicted molar refractivity (Wildman–Crippen MR) is 99.9 cm³/mol. The number of methoxy groups -OCH3 is 2. The number of carbonyl (C=O) groups excluding carboxylic acids is 1. The highest BCUT2D eigenvalue weighted by atomic mass is 79.9. The van der Waals surface area contributed by atoms with Gasteiger partial charge in [0.1, 0.15) is 5.75 Å². The second-order valence-electron chi connectivity index (χ2n) is 4.77. The van der Waals surface area contributed by atoms with Crippen molar-refractivity contribution in [3.8, 4) is 17.2 Å². The largest absolute Gasteiger partial charge is 0.493 e. The Balaban J connectivity index is 1.88. The molecule has 25 heavy (non-hydrogen) atoms. The smallest absolute Gasteiger partial charge is 0.277 e. The van der Waals surface area contributed by atoms with Crippen molar-refractivity contribution >= 4 is 39.7 Å². The number of benzene rings is 2. The Bertz CT molecular complexity index is 783. The van der Waals surface area contributed by atoms with Gasteiger partial charge in [-0.1, -0.05) is 11.6 Å². The van der Waals surface area contributed by atoms with E-state index in [1.807, 2.05) is 0 Å². The van der Waals surface area contributed by atoms with E-state index in [0.29, 0.717) is 26.7 Å². The van der Waals surface area contributed by atoms with Crippen LogP contribution in [0, 0.1) is 0 Å². The second-order valence-corrected chi connectivity index (χ2v) is 6.06. The fraction of sp³-hybridized carbons (Fsp3) is 0.176. The average molecular weight is 428 g/mol. The molecule has 1 amide bonds. The number of halogens is 2. The van der Waals surface area contributed by atoms with Gasteiger partial charge >= 0.3 is 0 Å². The first-order chi connectivity index (χ1) is 12.0. The molecule has 0 saturated carbocycles. The maximum absolute atomic E-state index is 11.8. The molecule has 0 aliphatic carbocycles. The highest BCUT2D eigenvalue weighted by Crippen LogP contribution is 2.28. The van der Waals surface area contributed by atoms with E-state index in [0.717, 1.165) is 5.56 Å². The SMILES string of the molecule is COc1ccc(/C=N/NC(=O)COc2ccc(Cl)cc2Br)cc1OC. The molecule has 0 fully saturated rings. The van der Waals surface area contributed by atoms with Gasteiger partial charge in [-0.05, 0) is 57.9 Å². The normalized spacial score (nSPS) is 10.6. The summed E-state index contributed by atoms with van der Waals surface area (Å²) in [5, 5.41) is 4.46. The van der Waals surface area contributed by atoms with Crippen LogP contribution in [-0.2, 0) is 4.79 Å². The maximum atomic E-state index is 11.8. The van der Waals surface area contributed by atoms with Crippen LogP contribution in [0.1, 0.15) is 5.56 Å². The molecule has 1 N–H and O–H groups in total. The number of hydrogen-bond acceptors (Lipinski definition) is 5. The quantitative estimate of drug-likeness (QED) is 0.541. The van der Waals surface area contributed by atoms with Crippen LogP contribution in [0.25, 0.3) is 0 Å². The van der Waals surface area contributed by atoms with Crippen molar-refractivity contribution in [3.63, 3.8) is 0 Å². The van der Waals surface area contributed by atoms with Gasteiger partial charge in [0.15, 0.2) is 18.1 Å². The third-order valence-electron chi connectivity index (χ3n) is 3.06. The molecule has 0 aromatic heterocycles. The van der Waals surface area contributed by atoms with Crippen LogP contribution in [-0.4, -0.2) is 32.9 Å². The fourth-order valence-electron chi connectivity index (χ4n) is 1.88. The molecular formula is C17H16BrClN2O4. The molecule has 0 heterocycles. The number of amides is 1. The van der Waals surface area contributed by atoms with E-state index in [-0.39, 0.29) is 6.61 Å². The molecule has 0 spiro atoms. The molecule has 0 aliphatic rings. The van der Waals surface area contributed by atoms with E-state index >= 15 is 0 Å². The summed E-state index contributed by atoms with van der Waals surface area (Å²) in [5.74, 6) is 1.32. The van der Waals surface area contributed by atoms with Gasteiger partial charge in [0.25, 0.3) is 5.91 Å². The first-order valence-corrected chi connectivity index (χ1v) is 8.32. The zero-order valence-corrected chi connectivity index (χ0v) is 15.9. The standard InChI is InChI=1S/C17H16BrClN2O4/c1-23-15-5-3-11(7-16(15)24-2)9-20-21-17(22)10-25-14-6-4-12(19)8-13(14)18/h3-9H,10H2,1-2H3,(H,21,22)/b20-9+. The lowest BCUT2D eigenvalue weighted by Gasteiger charge is -2.08. The molecule has 0 unspecified atom stereocenters.